The molecule has 78 valence electrons. The average molecular weight is 213 g/mol. The van der Waals surface area contributed by atoms with E-state index in [1.54, 1.807) is 0 Å². The van der Waals surface area contributed by atoms with Gasteiger partial charge < -0.3 is 0 Å². The third kappa shape index (κ3) is 4.13. The van der Waals surface area contributed by atoms with Crippen molar-refractivity contribution in [3.05, 3.63) is 29.8 Å². The fourth-order valence-corrected chi connectivity index (χ4v) is 0.799. The number of hydrazone groups is 1. The van der Waals surface area contributed by atoms with Crippen LogP contribution in [-0.4, -0.2) is 12.4 Å². The van der Waals surface area contributed by atoms with Crippen LogP contribution < -0.4 is 5.43 Å². The number of alkyl halides is 3. The molecule has 0 unspecified atom stereocenters. The van der Waals surface area contributed by atoms with Crippen LogP contribution in [0, 0.1) is 11.3 Å². The summed E-state index contributed by atoms with van der Waals surface area (Å²) < 4.78 is 34.9. The molecule has 0 aliphatic heterocycles. The zero-order chi connectivity index (χ0) is 11.3. The lowest BCUT2D eigenvalue weighted by Crippen LogP contribution is -2.09. The van der Waals surface area contributed by atoms with Gasteiger partial charge in [0, 0.05) is 0 Å². The topological polar surface area (TPSA) is 48.2 Å². The van der Waals surface area contributed by atoms with Crippen LogP contribution in [0.3, 0.4) is 0 Å². The predicted octanol–water partition coefficient (Wildman–Crippen LogP) is 2.52. The lowest BCUT2D eigenvalue weighted by Gasteiger charge is -2.00. The van der Waals surface area contributed by atoms with Gasteiger partial charge in [0.05, 0.1) is 17.3 Å². The van der Waals surface area contributed by atoms with E-state index in [1.165, 1.54) is 24.3 Å². The molecule has 0 amide bonds. The van der Waals surface area contributed by atoms with Crippen LogP contribution in [0.25, 0.3) is 0 Å². The van der Waals surface area contributed by atoms with Crippen molar-refractivity contribution in [3.8, 4) is 6.07 Å². The average Bonchev–Trinajstić information content (AvgIpc) is 2.17. The van der Waals surface area contributed by atoms with E-state index in [0.29, 0.717) is 11.3 Å². The van der Waals surface area contributed by atoms with Crippen LogP contribution in [0.2, 0.25) is 0 Å². The highest BCUT2D eigenvalue weighted by atomic mass is 19.4. The minimum absolute atomic E-state index is 0.148. The Morgan fingerprint density at radius 2 is 1.87 bits per heavy atom. The molecule has 0 spiro atoms. The van der Waals surface area contributed by atoms with Gasteiger partial charge in [0.1, 0.15) is 6.21 Å². The van der Waals surface area contributed by atoms with Gasteiger partial charge >= 0.3 is 6.18 Å². The molecule has 1 aromatic rings. The first-order chi connectivity index (χ1) is 7.01. The number of nitrogens with one attached hydrogen (secondary N) is 1. The highest BCUT2D eigenvalue weighted by Crippen LogP contribution is 2.12. The Labute approximate surface area is 83.8 Å². The van der Waals surface area contributed by atoms with Crippen LogP contribution >= 0.6 is 0 Å². The Kier molecular flexibility index (Phi) is 3.29. The Morgan fingerprint density at radius 3 is 2.33 bits per heavy atom. The standard InChI is InChI=1S/C9H6F3N3/c10-9(11,12)6-14-15-8-3-1-7(5-13)2-4-8/h1-4,6,15H/b14-6+. The van der Waals surface area contributed by atoms with Gasteiger partial charge in [0.25, 0.3) is 0 Å². The van der Waals surface area contributed by atoms with E-state index in [0.717, 1.165) is 0 Å². The second-order valence-corrected chi connectivity index (χ2v) is 2.60. The van der Waals surface area contributed by atoms with Crippen LogP contribution in [0.4, 0.5) is 18.9 Å². The summed E-state index contributed by atoms with van der Waals surface area (Å²) in [5.74, 6) is 0. The first-order valence-electron chi connectivity index (χ1n) is 3.88. The molecule has 0 heterocycles. The summed E-state index contributed by atoms with van der Waals surface area (Å²) in [6.07, 6.45) is -4.58. The molecule has 0 atom stereocenters. The molecular formula is C9H6F3N3. The van der Waals surface area contributed by atoms with E-state index < -0.39 is 6.18 Å². The lowest BCUT2D eigenvalue weighted by molar-refractivity contribution is -0.0536. The van der Waals surface area contributed by atoms with Crippen LogP contribution in [0.1, 0.15) is 5.56 Å². The summed E-state index contributed by atoms with van der Waals surface area (Å²) >= 11 is 0. The van der Waals surface area contributed by atoms with Crippen molar-refractivity contribution in [2.24, 2.45) is 5.10 Å². The fraction of sp³-hybridized carbons (Fsp3) is 0.111. The summed E-state index contributed by atoms with van der Waals surface area (Å²) in [5, 5.41) is 11.4. The third-order valence-corrected chi connectivity index (χ3v) is 1.42. The zero-order valence-electron chi connectivity index (χ0n) is 7.42. The van der Waals surface area contributed by atoms with E-state index in [2.05, 4.69) is 10.5 Å². The molecule has 0 fully saturated rings. The Balaban J connectivity index is 2.60. The van der Waals surface area contributed by atoms with Gasteiger partial charge in [0.15, 0.2) is 0 Å². The number of nitrogens with zero attached hydrogens (tertiary/aromatic N) is 2. The largest absolute Gasteiger partial charge is 0.428 e. The van der Waals surface area contributed by atoms with Crippen molar-refractivity contribution in [2.75, 3.05) is 5.43 Å². The Bertz CT molecular complexity index is 387. The van der Waals surface area contributed by atoms with Crippen molar-refractivity contribution in [1.82, 2.24) is 0 Å². The van der Waals surface area contributed by atoms with E-state index >= 15 is 0 Å². The van der Waals surface area contributed by atoms with Gasteiger partial charge in [0.2, 0.25) is 0 Å². The van der Waals surface area contributed by atoms with E-state index in [9.17, 15) is 13.2 Å². The monoisotopic (exact) mass is 213 g/mol. The number of hydrogen-bond donors (Lipinski definition) is 1. The van der Waals surface area contributed by atoms with Gasteiger partial charge in [-0.3, -0.25) is 5.43 Å². The van der Waals surface area contributed by atoms with Gasteiger partial charge in [-0.1, -0.05) is 0 Å². The Hall–Kier alpha value is -2.03. The van der Waals surface area contributed by atoms with Gasteiger partial charge in [-0.25, -0.2) is 0 Å². The maximum atomic E-state index is 11.6. The van der Waals surface area contributed by atoms with Crippen LogP contribution in [-0.2, 0) is 0 Å². The number of nitriles is 1. The Morgan fingerprint density at radius 1 is 1.27 bits per heavy atom. The van der Waals surface area contributed by atoms with E-state index in [1.807, 2.05) is 6.07 Å². The van der Waals surface area contributed by atoms with E-state index in [4.69, 9.17) is 5.26 Å². The van der Waals surface area contributed by atoms with Crippen molar-refractivity contribution in [1.29, 1.82) is 5.26 Å². The molecule has 1 aromatic carbocycles. The van der Waals surface area contributed by atoms with Crippen LogP contribution in [0.15, 0.2) is 29.4 Å². The quantitative estimate of drug-likeness (QED) is 0.606. The van der Waals surface area contributed by atoms with Gasteiger partial charge in [-0.15, -0.1) is 0 Å². The minimum Gasteiger partial charge on any atom is -0.279 e. The molecule has 0 radical (unpaired) electrons. The SMILES string of the molecule is N#Cc1ccc(N/N=C/C(F)(F)F)cc1. The molecule has 0 saturated carbocycles. The maximum absolute atomic E-state index is 11.6. The van der Waals surface area contributed by atoms with Gasteiger partial charge in [-0.2, -0.15) is 23.5 Å². The first-order valence-corrected chi connectivity index (χ1v) is 3.88. The molecule has 1 N–H and O–H groups in total. The number of halogens is 3. The molecular weight excluding hydrogens is 207 g/mol. The summed E-state index contributed by atoms with van der Waals surface area (Å²) in [4.78, 5) is 0. The molecule has 3 nitrogen and oxygen atoms in total. The fourth-order valence-electron chi connectivity index (χ4n) is 0.799. The highest BCUT2D eigenvalue weighted by molar-refractivity contribution is 5.65. The summed E-state index contributed by atoms with van der Waals surface area (Å²) in [5.41, 5.74) is 3.01. The third-order valence-electron chi connectivity index (χ3n) is 1.42. The smallest absolute Gasteiger partial charge is 0.279 e. The number of anilines is 1. The second kappa shape index (κ2) is 4.46. The summed E-state index contributed by atoms with van der Waals surface area (Å²) in [7, 11) is 0. The summed E-state index contributed by atoms with van der Waals surface area (Å²) in [6, 6.07) is 7.77. The number of hydrogen-bond acceptors (Lipinski definition) is 3. The predicted molar refractivity (Wildman–Crippen MR) is 49.3 cm³/mol. The zero-order valence-corrected chi connectivity index (χ0v) is 7.42. The molecule has 0 saturated heterocycles. The number of benzene rings is 1. The lowest BCUT2D eigenvalue weighted by atomic mass is 10.2. The van der Waals surface area contributed by atoms with Crippen molar-refractivity contribution >= 4 is 11.9 Å². The molecule has 15 heavy (non-hydrogen) atoms. The first kappa shape index (κ1) is 11.0. The van der Waals surface area contributed by atoms with Crippen molar-refractivity contribution < 1.29 is 13.2 Å². The number of rotatable bonds is 2. The minimum atomic E-state index is -4.43. The van der Waals surface area contributed by atoms with Gasteiger partial charge in [-0.05, 0) is 24.3 Å². The maximum Gasteiger partial charge on any atom is 0.428 e. The molecule has 0 aliphatic carbocycles. The van der Waals surface area contributed by atoms with Crippen molar-refractivity contribution in [2.45, 2.75) is 6.18 Å². The van der Waals surface area contributed by atoms with E-state index in [-0.39, 0.29) is 6.21 Å². The van der Waals surface area contributed by atoms with Crippen molar-refractivity contribution in [3.63, 3.8) is 0 Å². The normalized spacial score (nSPS) is 11.3. The second-order valence-electron chi connectivity index (χ2n) is 2.60. The molecule has 1 rings (SSSR count). The molecule has 6 heteroatoms. The van der Waals surface area contributed by atoms with Crippen LogP contribution in [0.5, 0.6) is 0 Å². The molecule has 0 bridgehead atoms. The molecule has 0 aliphatic rings. The summed E-state index contributed by atoms with van der Waals surface area (Å²) in [6.45, 7) is 0. The highest BCUT2D eigenvalue weighted by Gasteiger charge is 2.23. The molecule has 0 aromatic heterocycles.